The van der Waals surface area contributed by atoms with Gasteiger partial charge in [-0.15, -0.1) is 0 Å². The van der Waals surface area contributed by atoms with Gasteiger partial charge in [0.25, 0.3) is 0 Å². The number of para-hydroxylation sites is 1. The SMILES string of the molecule is CCOc1ccccc1CN(C(=O)CN1CCCC1=O)C1CC1. The van der Waals surface area contributed by atoms with Gasteiger partial charge in [-0.1, -0.05) is 18.2 Å². The molecule has 1 aromatic rings. The minimum Gasteiger partial charge on any atom is -0.494 e. The van der Waals surface area contributed by atoms with E-state index < -0.39 is 0 Å². The van der Waals surface area contributed by atoms with Gasteiger partial charge in [-0.05, 0) is 32.3 Å². The highest BCUT2D eigenvalue weighted by Crippen LogP contribution is 2.30. The average molecular weight is 316 g/mol. The maximum Gasteiger partial charge on any atom is 0.242 e. The summed E-state index contributed by atoms with van der Waals surface area (Å²) < 4.78 is 5.67. The van der Waals surface area contributed by atoms with E-state index >= 15 is 0 Å². The zero-order valence-electron chi connectivity index (χ0n) is 13.7. The van der Waals surface area contributed by atoms with Crippen LogP contribution in [0.2, 0.25) is 0 Å². The second-order valence-electron chi connectivity index (χ2n) is 6.21. The van der Waals surface area contributed by atoms with Crippen LogP contribution in [0.15, 0.2) is 24.3 Å². The fourth-order valence-electron chi connectivity index (χ4n) is 3.05. The number of ether oxygens (including phenoxy) is 1. The van der Waals surface area contributed by atoms with Gasteiger partial charge in [0.15, 0.2) is 0 Å². The second kappa shape index (κ2) is 7.02. The van der Waals surface area contributed by atoms with Gasteiger partial charge in [-0.25, -0.2) is 0 Å². The van der Waals surface area contributed by atoms with E-state index in [1.165, 1.54) is 0 Å². The van der Waals surface area contributed by atoms with Crippen molar-refractivity contribution in [3.63, 3.8) is 0 Å². The summed E-state index contributed by atoms with van der Waals surface area (Å²) in [5.74, 6) is 0.989. The van der Waals surface area contributed by atoms with Crippen LogP contribution in [-0.4, -0.2) is 47.4 Å². The second-order valence-corrected chi connectivity index (χ2v) is 6.21. The van der Waals surface area contributed by atoms with E-state index in [0.29, 0.717) is 32.2 Å². The number of hydrogen-bond acceptors (Lipinski definition) is 3. The number of nitrogens with zero attached hydrogens (tertiary/aromatic N) is 2. The molecule has 1 heterocycles. The molecule has 0 N–H and O–H groups in total. The Morgan fingerprint density at radius 2 is 2.13 bits per heavy atom. The van der Waals surface area contributed by atoms with E-state index in [0.717, 1.165) is 30.6 Å². The normalized spacial score (nSPS) is 17.4. The number of likely N-dealkylation sites (tertiary alicyclic amines) is 1. The Bertz CT molecular complexity index is 583. The van der Waals surface area contributed by atoms with E-state index in [9.17, 15) is 9.59 Å². The van der Waals surface area contributed by atoms with Crippen LogP contribution in [0.4, 0.5) is 0 Å². The lowest BCUT2D eigenvalue weighted by atomic mass is 10.2. The van der Waals surface area contributed by atoms with E-state index in [2.05, 4.69) is 0 Å². The van der Waals surface area contributed by atoms with Crippen LogP contribution in [0.25, 0.3) is 0 Å². The zero-order valence-corrected chi connectivity index (χ0v) is 13.7. The van der Waals surface area contributed by atoms with Crippen LogP contribution in [0, 0.1) is 0 Å². The smallest absolute Gasteiger partial charge is 0.242 e. The monoisotopic (exact) mass is 316 g/mol. The Morgan fingerprint density at radius 1 is 1.35 bits per heavy atom. The molecule has 0 spiro atoms. The van der Waals surface area contributed by atoms with E-state index in [1.807, 2.05) is 36.1 Å². The molecule has 0 unspecified atom stereocenters. The molecule has 124 valence electrons. The van der Waals surface area contributed by atoms with E-state index in [-0.39, 0.29) is 18.4 Å². The number of hydrogen-bond donors (Lipinski definition) is 0. The van der Waals surface area contributed by atoms with E-state index in [1.54, 1.807) is 4.90 Å². The van der Waals surface area contributed by atoms with Crippen molar-refractivity contribution in [1.29, 1.82) is 0 Å². The summed E-state index contributed by atoms with van der Waals surface area (Å²) in [5.41, 5.74) is 1.03. The van der Waals surface area contributed by atoms with Crippen molar-refractivity contribution in [3.05, 3.63) is 29.8 Å². The molecule has 0 bridgehead atoms. The molecule has 0 aromatic heterocycles. The van der Waals surface area contributed by atoms with Crippen molar-refractivity contribution in [2.24, 2.45) is 0 Å². The molecular weight excluding hydrogens is 292 g/mol. The molecule has 5 heteroatoms. The quantitative estimate of drug-likeness (QED) is 0.775. The molecule has 3 rings (SSSR count). The van der Waals surface area contributed by atoms with Crippen molar-refractivity contribution >= 4 is 11.8 Å². The van der Waals surface area contributed by atoms with Gasteiger partial charge in [-0.3, -0.25) is 9.59 Å². The van der Waals surface area contributed by atoms with Gasteiger partial charge >= 0.3 is 0 Å². The van der Waals surface area contributed by atoms with Crippen LogP contribution >= 0.6 is 0 Å². The first kappa shape index (κ1) is 15.8. The third-order valence-corrected chi connectivity index (χ3v) is 4.42. The number of amides is 2. The lowest BCUT2D eigenvalue weighted by Gasteiger charge is -2.26. The molecule has 23 heavy (non-hydrogen) atoms. The summed E-state index contributed by atoms with van der Waals surface area (Å²) in [6, 6.07) is 8.18. The first-order chi connectivity index (χ1) is 11.2. The molecule has 2 aliphatic rings. The third kappa shape index (κ3) is 3.84. The zero-order chi connectivity index (χ0) is 16.2. The molecule has 5 nitrogen and oxygen atoms in total. The van der Waals surface area contributed by atoms with Crippen LogP contribution in [0.5, 0.6) is 5.75 Å². The third-order valence-electron chi connectivity index (χ3n) is 4.42. The molecule has 1 aromatic carbocycles. The first-order valence-corrected chi connectivity index (χ1v) is 8.47. The Morgan fingerprint density at radius 3 is 2.78 bits per heavy atom. The highest BCUT2D eigenvalue weighted by molar-refractivity contribution is 5.86. The molecule has 0 radical (unpaired) electrons. The maximum atomic E-state index is 12.7. The Balaban J connectivity index is 1.69. The van der Waals surface area contributed by atoms with Gasteiger partial charge in [-0.2, -0.15) is 0 Å². The number of carbonyl (C=O) groups is 2. The summed E-state index contributed by atoms with van der Waals surface area (Å²) >= 11 is 0. The van der Waals surface area contributed by atoms with Crippen LogP contribution in [0.3, 0.4) is 0 Å². The fraction of sp³-hybridized carbons (Fsp3) is 0.556. The van der Waals surface area contributed by atoms with Crippen molar-refractivity contribution in [2.45, 2.75) is 45.2 Å². The van der Waals surface area contributed by atoms with E-state index in [4.69, 9.17) is 4.74 Å². The predicted molar refractivity (Wildman–Crippen MR) is 87.0 cm³/mol. The van der Waals surface area contributed by atoms with Gasteiger partial charge in [0, 0.05) is 31.1 Å². The van der Waals surface area contributed by atoms with Crippen molar-refractivity contribution in [1.82, 2.24) is 9.80 Å². The van der Waals surface area contributed by atoms with Gasteiger partial charge in [0.1, 0.15) is 5.75 Å². The molecule has 1 saturated carbocycles. The number of benzene rings is 1. The van der Waals surface area contributed by atoms with Gasteiger partial charge in [0.05, 0.1) is 13.2 Å². The summed E-state index contributed by atoms with van der Waals surface area (Å²) in [5, 5.41) is 0. The highest BCUT2D eigenvalue weighted by atomic mass is 16.5. The van der Waals surface area contributed by atoms with Crippen LogP contribution in [-0.2, 0) is 16.1 Å². The molecule has 2 amide bonds. The lowest BCUT2D eigenvalue weighted by Crippen LogP contribution is -2.41. The van der Waals surface area contributed by atoms with Crippen molar-refractivity contribution in [3.8, 4) is 5.75 Å². The fourth-order valence-corrected chi connectivity index (χ4v) is 3.05. The predicted octanol–water partition coefficient (Wildman–Crippen LogP) is 2.20. The minimum absolute atomic E-state index is 0.0500. The number of rotatable bonds is 7. The Hall–Kier alpha value is -2.04. The number of carbonyl (C=O) groups excluding carboxylic acids is 2. The molecule has 2 fully saturated rings. The van der Waals surface area contributed by atoms with Crippen LogP contribution in [0.1, 0.15) is 38.2 Å². The van der Waals surface area contributed by atoms with Crippen molar-refractivity contribution in [2.75, 3.05) is 19.7 Å². The van der Waals surface area contributed by atoms with Gasteiger partial charge in [0.2, 0.25) is 11.8 Å². The summed E-state index contributed by atoms with van der Waals surface area (Å²) in [6.07, 6.45) is 3.54. The Kier molecular flexibility index (Phi) is 4.84. The summed E-state index contributed by atoms with van der Waals surface area (Å²) in [6.45, 7) is 4.04. The highest BCUT2D eigenvalue weighted by Gasteiger charge is 2.34. The first-order valence-electron chi connectivity index (χ1n) is 8.47. The standard InChI is InChI=1S/C18H24N2O3/c1-2-23-16-7-4-3-6-14(16)12-20(15-9-10-15)18(22)13-19-11-5-8-17(19)21/h3-4,6-7,15H,2,5,8-13H2,1H3. The van der Waals surface area contributed by atoms with Gasteiger partial charge < -0.3 is 14.5 Å². The lowest BCUT2D eigenvalue weighted by molar-refractivity contribution is -0.139. The topological polar surface area (TPSA) is 49.9 Å². The molecule has 1 aliphatic carbocycles. The molecule has 1 saturated heterocycles. The molecule has 1 aliphatic heterocycles. The maximum absolute atomic E-state index is 12.7. The summed E-state index contributed by atoms with van der Waals surface area (Å²) in [7, 11) is 0. The minimum atomic E-state index is 0.0500. The van der Waals surface area contributed by atoms with Crippen LogP contribution < -0.4 is 4.74 Å². The Labute approximate surface area is 137 Å². The summed E-state index contributed by atoms with van der Waals surface area (Å²) in [4.78, 5) is 28.0. The van der Waals surface area contributed by atoms with Crippen molar-refractivity contribution < 1.29 is 14.3 Å². The largest absolute Gasteiger partial charge is 0.494 e. The molecular formula is C18H24N2O3. The average Bonchev–Trinajstić information content (AvgIpc) is 3.31. The molecule has 0 atom stereocenters.